The van der Waals surface area contributed by atoms with Crippen LogP contribution in [-0.2, 0) is 14.9 Å². The van der Waals surface area contributed by atoms with Crippen molar-refractivity contribution in [3.63, 3.8) is 0 Å². The molecule has 3 aliphatic rings. The van der Waals surface area contributed by atoms with E-state index in [9.17, 15) is 18.8 Å². The Balaban J connectivity index is 1.88. The van der Waals surface area contributed by atoms with E-state index >= 15 is 0 Å². The minimum Gasteiger partial charge on any atom is -0.469 e. The Morgan fingerprint density at radius 3 is 2.52 bits per heavy atom. The summed E-state index contributed by atoms with van der Waals surface area (Å²) in [6.07, 6.45) is 2.82. The van der Waals surface area contributed by atoms with Crippen molar-refractivity contribution in [2.75, 3.05) is 7.11 Å². The summed E-state index contributed by atoms with van der Waals surface area (Å²) in [5.74, 6) is -1.25. The number of carbonyl (C=O) groups is 2. The van der Waals surface area contributed by atoms with E-state index in [4.69, 9.17) is 4.74 Å². The highest BCUT2D eigenvalue weighted by atomic mass is 19.1. The predicted molar refractivity (Wildman–Crippen MR) is 86.1 cm³/mol. The molecule has 130 valence electrons. The fourth-order valence-electron chi connectivity index (χ4n) is 4.54. The van der Waals surface area contributed by atoms with E-state index in [-0.39, 0.29) is 33.9 Å². The molecule has 0 radical (unpaired) electrons. The summed E-state index contributed by atoms with van der Waals surface area (Å²) in [6.45, 7) is 2.97. The fraction of sp³-hybridized carbons (Fsp3) is 0.444. The molecule has 2 aromatic rings. The normalized spacial score (nSPS) is 26.7. The SMILES string of the molecule is COC(=O)C12CC(c3nc4c(C(C)=O)cc(F)cn4c(=O)c3C)(C1)C2. The van der Waals surface area contributed by atoms with Crippen LogP contribution in [0.2, 0.25) is 0 Å². The largest absolute Gasteiger partial charge is 0.469 e. The first kappa shape index (κ1) is 15.9. The summed E-state index contributed by atoms with van der Waals surface area (Å²) in [6, 6.07) is 1.10. The maximum atomic E-state index is 13.8. The van der Waals surface area contributed by atoms with E-state index < -0.39 is 11.2 Å². The summed E-state index contributed by atoms with van der Waals surface area (Å²) in [7, 11) is 1.37. The number of hydrogen-bond donors (Lipinski definition) is 0. The second kappa shape index (κ2) is 4.74. The highest BCUT2D eigenvalue weighted by molar-refractivity contribution is 5.99. The predicted octanol–water partition coefficient (Wildman–Crippen LogP) is 1.94. The Morgan fingerprint density at radius 2 is 1.96 bits per heavy atom. The highest BCUT2D eigenvalue weighted by Gasteiger charge is 2.73. The lowest BCUT2D eigenvalue weighted by molar-refractivity contribution is -0.198. The van der Waals surface area contributed by atoms with Gasteiger partial charge < -0.3 is 4.74 Å². The summed E-state index contributed by atoms with van der Waals surface area (Å²) in [5, 5.41) is 0. The number of ketones is 1. The van der Waals surface area contributed by atoms with Crippen LogP contribution in [0, 0.1) is 18.2 Å². The number of methoxy groups -OCH3 is 1. The van der Waals surface area contributed by atoms with Crippen LogP contribution < -0.4 is 5.56 Å². The molecule has 6 nitrogen and oxygen atoms in total. The van der Waals surface area contributed by atoms with Crippen molar-refractivity contribution >= 4 is 17.4 Å². The fourth-order valence-corrected chi connectivity index (χ4v) is 4.54. The third-order valence-electron chi connectivity index (χ3n) is 5.65. The number of fused-ring (bicyclic) bond motifs is 1. The van der Waals surface area contributed by atoms with Crippen molar-refractivity contribution in [3.05, 3.63) is 45.3 Å². The van der Waals surface area contributed by atoms with Gasteiger partial charge in [-0.25, -0.2) is 9.37 Å². The van der Waals surface area contributed by atoms with Crippen LogP contribution in [0.5, 0.6) is 0 Å². The molecule has 0 amide bonds. The second-order valence-electron chi connectivity index (χ2n) is 7.29. The maximum Gasteiger partial charge on any atom is 0.311 e. The Labute approximate surface area is 142 Å². The molecule has 3 aliphatic carbocycles. The van der Waals surface area contributed by atoms with Crippen LogP contribution in [0.1, 0.15) is 47.8 Å². The van der Waals surface area contributed by atoms with E-state index in [1.807, 2.05) is 0 Å². The van der Waals surface area contributed by atoms with E-state index in [0.29, 0.717) is 30.5 Å². The van der Waals surface area contributed by atoms with Crippen LogP contribution in [0.25, 0.3) is 5.65 Å². The molecule has 7 heteroatoms. The molecule has 0 aromatic carbocycles. The quantitative estimate of drug-likeness (QED) is 0.628. The lowest BCUT2D eigenvalue weighted by Crippen LogP contribution is -2.68. The molecule has 0 unspecified atom stereocenters. The first-order valence-corrected chi connectivity index (χ1v) is 8.05. The second-order valence-corrected chi connectivity index (χ2v) is 7.29. The third kappa shape index (κ3) is 1.89. The molecule has 0 atom stereocenters. The monoisotopic (exact) mass is 344 g/mol. The van der Waals surface area contributed by atoms with E-state index in [1.54, 1.807) is 6.92 Å². The van der Waals surface area contributed by atoms with Gasteiger partial charge in [-0.15, -0.1) is 0 Å². The molecule has 0 aliphatic heterocycles. The maximum absolute atomic E-state index is 13.8. The van der Waals surface area contributed by atoms with Gasteiger partial charge in [-0.1, -0.05) is 0 Å². The Kier molecular flexibility index (Phi) is 3.02. The van der Waals surface area contributed by atoms with Crippen molar-refractivity contribution in [3.8, 4) is 0 Å². The van der Waals surface area contributed by atoms with E-state index in [1.165, 1.54) is 14.0 Å². The first-order chi connectivity index (χ1) is 11.7. The van der Waals surface area contributed by atoms with Crippen LogP contribution in [0.4, 0.5) is 4.39 Å². The number of halogens is 1. The van der Waals surface area contributed by atoms with Crippen LogP contribution >= 0.6 is 0 Å². The first-order valence-electron chi connectivity index (χ1n) is 8.05. The lowest BCUT2D eigenvalue weighted by atomic mass is 9.34. The average Bonchev–Trinajstić information content (AvgIpc) is 2.49. The van der Waals surface area contributed by atoms with Gasteiger partial charge in [-0.05, 0) is 39.2 Å². The number of nitrogens with zero attached hydrogens (tertiary/aromatic N) is 2. The van der Waals surface area contributed by atoms with Crippen molar-refractivity contribution in [2.24, 2.45) is 5.41 Å². The number of rotatable bonds is 3. The van der Waals surface area contributed by atoms with Crippen molar-refractivity contribution in [1.82, 2.24) is 9.38 Å². The van der Waals surface area contributed by atoms with Gasteiger partial charge >= 0.3 is 5.97 Å². The zero-order valence-corrected chi connectivity index (χ0v) is 14.2. The standard InChI is InChI=1S/C18H17FN2O4/c1-9-13(17-6-18(7-17,8-17)16(24)25-3)20-14-12(10(2)22)4-11(19)5-21(14)15(9)23/h4-5H,6-8H2,1-3H3. The number of aromatic nitrogens is 2. The molecule has 3 fully saturated rings. The number of pyridine rings is 1. The molecule has 3 saturated carbocycles. The Hall–Kier alpha value is -2.57. The molecule has 25 heavy (non-hydrogen) atoms. The van der Waals surface area contributed by atoms with Crippen LogP contribution in [0.15, 0.2) is 17.1 Å². The van der Waals surface area contributed by atoms with Gasteiger partial charge in [0.1, 0.15) is 5.82 Å². The highest BCUT2D eigenvalue weighted by Crippen LogP contribution is 2.73. The molecular formula is C18H17FN2O4. The average molecular weight is 344 g/mol. The minimum atomic E-state index is -0.663. The molecule has 2 bridgehead atoms. The van der Waals surface area contributed by atoms with Gasteiger partial charge in [0.15, 0.2) is 11.4 Å². The summed E-state index contributed by atoms with van der Waals surface area (Å²) < 4.78 is 19.7. The summed E-state index contributed by atoms with van der Waals surface area (Å²) in [5.41, 5.74) is 0.102. The van der Waals surface area contributed by atoms with Gasteiger partial charge in [0.2, 0.25) is 0 Å². The smallest absolute Gasteiger partial charge is 0.311 e. The summed E-state index contributed by atoms with van der Waals surface area (Å²) in [4.78, 5) is 41.0. The molecule has 2 heterocycles. The van der Waals surface area contributed by atoms with Crippen LogP contribution in [0.3, 0.4) is 0 Å². The van der Waals surface area contributed by atoms with Crippen molar-refractivity contribution < 1.29 is 18.7 Å². The van der Waals surface area contributed by atoms with Gasteiger partial charge in [0, 0.05) is 17.2 Å². The number of Topliss-reactive ketones (excluding diaryl/α,β-unsaturated/α-hetero) is 1. The van der Waals surface area contributed by atoms with Crippen molar-refractivity contribution in [2.45, 2.75) is 38.5 Å². The van der Waals surface area contributed by atoms with Gasteiger partial charge in [-0.3, -0.25) is 18.8 Å². The number of esters is 1. The van der Waals surface area contributed by atoms with Crippen molar-refractivity contribution in [1.29, 1.82) is 0 Å². The minimum absolute atomic E-state index is 0.0765. The molecule has 0 N–H and O–H groups in total. The topological polar surface area (TPSA) is 77.7 Å². The summed E-state index contributed by atoms with van der Waals surface area (Å²) >= 11 is 0. The Morgan fingerprint density at radius 1 is 1.32 bits per heavy atom. The number of hydrogen-bond acceptors (Lipinski definition) is 5. The zero-order valence-electron chi connectivity index (χ0n) is 14.2. The lowest BCUT2D eigenvalue weighted by Gasteiger charge is -2.68. The zero-order chi connectivity index (χ0) is 18.1. The Bertz CT molecular complexity index is 1000. The molecular weight excluding hydrogens is 327 g/mol. The van der Waals surface area contributed by atoms with Gasteiger partial charge in [0.05, 0.1) is 23.8 Å². The van der Waals surface area contributed by atoms with Crippen LogP contribution in [-0.4, -0.2) is 28.2 Å². The number of ether oxygens (including phenoxy) is 1. The van der Waals surface area contributed by atoms with Gasteiger partial charge in [-0.2, -0.15) is 0 Å². The number of carbonyl (C=O) groups excluding carboxylic acids is 2. The van der Waals surface area contributed by atoms with E-state index in [0.717, 1.165) is 16.7 Å². The molecule has 0 spiro atoms. The molecule has 2 aromatic heterocycles. The molecule has 0 saturated heterocycles. The van der Waals surface area contributed by atoms with Gasteiger partial charge in [0.25, 0.3) is 5.56 Å². The molecule has 5 rings (SSSR count). The third-order valence-corrected chi connectivity index (χ3v) is 5.65. The van der Waals surface area contributed by atoms with E-state index in [2.05, 4.69) is 4.98 Å².